The number of thiazole rings is 1. The van der Waals surface area contributed by atoms with Gasteiger partial charge in [-0.05, 0) is 6.92 Å². The first-order valence-electron chi connectivity index (χ1n) is 4.83. The number of nitrogens with one attached hydrogen (secondary N) is 1. The van der Waals surface area contributed by atoms with E-state index >= 15 is 0 Å². The molecular weight excluding hydrogens is 244 g/mol. The smallest absolute Gasteiger partial charge is 0.365 e. The third kappa shape index (κ3) is 3.08. The molecule has 0 saturated carbocycles. The molecule has 7 nitrogen and oxygen atoms in total. The Hall–Kier alpha value is -1.80. The second-order valence-corrected chi connectivity index (χ2v) is 4.15. The van der Waals surface area contributed by atoms with Crippen LogP contribution in [0.15, 0.2) is 9.90 Å². The molecule has 0 amide bonds. The fraction of sp³-hybridized carbons (Fsp3) is 0.333. The number of aryl methyl sites for hydroxylation is 1. The lowest BCUT2D eigenvalue weighted by atomic mass is 10.4. The Balaban J connectivity index is 1.83. The molecule has 2 N–H and O–H groups in total. The third-order valence-corrected chi connectivity index (χ3v) is 2.77. The summed E-state index contributed by atoms with van der Waals surface area (Å²) in [4.78, 5) is 18.6. The topological polar surface area (TPSA) is 101 Å². The standard InChI is InChI=1S/C9H10N4O3S/c1-5-11-7(16-13-5)3-10-2-6-4-17-8(12-6)9(14)15/h4,10H,2-3H2,1H3,(H,14,15). The van der Waals surface area contributed by atoms with Gasteiger partial charge in [0.1, 0.15) is 0 Å². The van der Waals surface area contributed by atoms with Crippen molar-refractivity contribution in [2.24, 2.45) is 0 Å². The molecule has 0 aliphatic rings. The Kier molecular flexibility index (Phi) is 3.45. The van der Waals surface area contributed by atoms with Crippen LogP contribution in [0.25, 0.3) is 0 Å². The minimum absolute atomic E-state index is 0.0930. The van der Waals surface area contributed by atoms with Crippen molar-refractivity contribution < 1.29 is 14.4 Å². The molecule has 0 fully saturated rings. The van der Waals surface area contributed by atoms with Gasteiger partial charge in [0, 0.05) is 11.9 Å². The molecule has 2 rings (SSSR count). The summed E-state index contributed by atoms with van der Waals surface area (Å²) in [6.07, 6.45) is 0. The van der Waals surface area contributed by atoms with Crippen LogP contribution in [0.3, 0.4) is 0 Å². The Bertz CT molecular complexity index is 522. The maximum Gasteiger partial charge on any atom is 0.365 e. The zero-order valence-electron chi connectivity index (χ0n) is 9.01. The van der Waals surface area contributed by atoms with Gasteiger partial charge >= 0.3 is 5.97 Å². The van der Waals surface area contributed by atoms with Gasteiger partial charge in [0.05, 0.1) is 12.2 Å². The zero-order valence-corrected chi connectivity index (χ0v) is 9.82. The summed E-state index contributed by atoms with van der Waals surface area (Å²) in [5.74, 6) is 0.0774. The van der Waals surface area contributed by atoms with Crippen LogP contribution in [-0.2, 0) is 13.1 Å². The van der Waals surface area contributed by atoms with Crippen LogP contribution < -0.4 is 5.32 Å². The van der Waals surface area contributed by atoms with Crippen molar-refractivity contribution in [1.29, 1.82) is 0 Å². The van der Waals surface area contributed by atoms with E-state index in [0.29, 0.717) is 30.5 Å². The maximum atomic E-state index is 10.6. The van der Waals surface area contributed by atoms with Gasteiger partial charge in [-0.15, -0.1) is 11.3 Å². The second kappa shape index (κ2) is 5.02. The van der Waals surface area contributed by atoms with Gasteiger partial charge in [-0.25, -0.2) is 9.78 Å². The number of aromatic carboxylic acids is 1. The first-order valence-corrected chi connectivity index (χ1v) is 5.70. The van der Waals surface area contributed by atoms with Crippen LogP contribution in [0.5, 0.6) is 0 Å². The molecule has 0 bridgehead atoms. The van der Waals surface area contributed by atoms with Gasteiger partial charge in [0.15, 0.2) is 5.82 Å². The van der Waals surface area contributed by atoms with E-state index in [4.69, 9.17) is 9.63 Å². The van der Waals surface area contributed by atoms with Crippen LogP contribution >= 0.6 is 11.3 Å². The maximum absolute atomic E-state index is 10.6. The van der Waals surface area contributed by atoms with Gasteiger partial charge in [0.25, 0.3) is 0 Å². The summed E-state index contributed by atoms with van der Waals surface area (Å²) in [5, 5.41) is 17.2. The van der Waals surface area contributed by atoms with E-state index in [2.05, 4.69) is 20.4 Å². The van der Waals surface area contributed by atoms with Crippen molar-refractivity contribution in [3.05, 3.63) is 27.8 Å². The summed E-state index contributed by atoms with van der Waals surface area (Å²) in [6.45, 7) is 2.64. The van der Waals surface area contributed by atoms with Crippen molar-refractivity contribution in [2.75, 3.05) is 0 Å². The molecule has 0 atom stereocenters. The molecule has 0 spiro atoms. The zero-order chi connectivity index (χ0) is 12.3. The SMILES string of the molecule is Cc1noc(CNCc2csc(C(=O)O)n2)n1. The van der Waals surface area contributed by atoms with Crippen LogP contribution in [-0.4, -0.2) is 26.2 Å². The predicted octanol–water partition coefficient (Wildman–Crippen LogP) is 0.823. The van der Waals surface area contributed by atoms with E-state index in [9.17, 15) is 4.79 Å². The number of hydrogen-bond donors (Lipinski definition) is 2. The monoisotopic (exact) mass is 254 g/mol. The third-order valence-electron chi connectivity index (χ3n) is 1.89. The molecule has 0 aliphatic carbocycles. The molecule has 2 heterocycles. The van der Waals surface area contributed by atoms with Crippen LogP contribution in [0, 0.1) is 6.92 Å². The Morgan fingerprint density at radius 2 is 2.35 bits per heavy atom. The van der Waals surface area contributed by atoms with E-state index in [1.54, 1.807) is 12.3 Å². The normalized spacial score (nSPS) is 10.6. The van der Waals surface area contributed by atoms with Gasteiger partial charge < -0.3 is 14.9 Å². The number of carboxylic acid groups (broad SMARTS) is 1. The van der Waals surface area contributed by atoms with E-state index in [0.717, 1.165) is 11.3 Å². The van der Waals surface area contributed by atoms with Crippen LogP contribution in [0.4, 0.5) is 0 Å². The predicted molar refractivity (Wildman–Crippen MR) is 58.7 cm³/mol. The Morgan fingerprint density at radius 3 is 2.94 bits per heavy atom. The summed E-state index contributed by atoms with van der Waals surface area (Å²) in [6, 6.07) is 0. The van der Waals surface area contributed by atoms with Crippen molar-refractivity contribution in [3.63, 3.8) is 0 Å². The molecule has 2 aromatic heterocycles. The quantitative estimate of drug-likeness (QED) is 0.814. The lowest BCUT2D eigenvalue weighted by molar-refractivity contribution is 0.0696. The van der Waals surface area contributed by atoms with Crippen LogP contribution in [0.1, 0.15) is 27.2 Å². The van der Waals surface area contributed by atoms with E-state index in [1.165, 1.54) is 0 Å². The molecule has 0 unspecified atom stereocenters. The first-order chi connectivity index (χ1) is 8.15. The molecule has 0 aliphatic heterocycles. The highest BCUT2D eigenvalue weighted by Crippen LogP contribution is 2.09. The van der Waals surface area contributed by atoms with E-state index < -0.39 is 5.97 Å². The number of aromatic nitrogens is 3. The highest BCUT2D eigenvalue weighted by molar-refractivity contribution is 7.11. The lowest BCUT2D eigenvalue weighted by Crippen LogP contribution is -2.13. The molecule has 2 aromatic rings. The molecule has 0 aromatic carbocycles. The summed E-state index contributed by atoms with van der Waals surface area (Å²) < 4.78 is 4.91. The number of rotatable bonds is 5. The second-order valence-electron chi connectivity index (χ2n) is 3.29. The summed E-state index contributed by atoms with van der Waals surface area (Å²) in [7, 11) is 0. The molecule has 90 valence electrons. The minimum atomic E-state index is -1.01. The Morgan fingerprint density at radius 1 is 1.53 bits per heavy atom. The van der Waals surface area contributed by atoms with Crippen LogP contribution in [0.2, 0.25) is 0 Å². The van der Waals surface area contributed by atoms with Crippen molar-refractivity contribution in [2.45, 2.75) is 20.0 Å². The number of carbonyl (C=O) groups is 1. The van der Waals surface area contributed by atoms with Gasteiger partial charge in [-0.3, -0.25) is 0 Å². The summed E-state index contributed by atoms with van der Waals surface area (Å²) in [5.41, 5.74) is 0.684. The van der Waals surface area contributed by atoms with Gasteiger partial charge in [-0.1, -0.05) is 5.16 Å². The van der Waals surface area contributed by atoms with Crippen molar-refractivity contribution in [1.82, 2.24) is 20.4 Å². The largest absolute Gasteiger partial charge is 0.476 e. The molecule has 8 heteroatoms. The number of hydrogen-bond acceptors (Lipinski definition) is 7. The van der Waals surface area contributed by atoms with E-state index in [1.807, 2.05) is 0 Å². The fourth-order valence-electron chi connectivity index (χ4n) is 1.20. The Labute approximate surface area is 100 Å². The molecule has 0 radical (unpaired) electrons. The summed E-state index contributed by atoms with van der Waals surface area (Å²) >= 11 is 1.11. The fourth-order valence-corrected chi connectivity index (χ4v) is 1.85. The average Bonchev–Trinajstić information content (AvgIpc) is 2.88. The van der Waals surface area contributed by atoms with E-state index in [-0.39, 0.29) is 5.01 Å². The van der Waals surface area contributed by atoms with Gasteiger partial charge in [-0.2, -0.15) is 4.98 Å². The minimum Gasteiger partial charge on any atom is -0.476 e. The molecule has 0 saturated heterocycles. The lowest BCUT2D eigenvalue weighted by Gasteiger charge is -1.96. The highest BCUT2D eigenvalue weighted by atomic mass is 32.1. The first kappa shape index (κ1) is 11.7. The number of nitrogens with zero attached hydrogens (tertiary/aromatic N) is 3. The number of carboxylic acids is 1. The highest BCUT2D eigenvalue weighted by Gasteiger charge is 2.09. The average molecular weight is 254 g/mol. The van der Waals surface area contributed by atoms with Crippen molar-refractivity contribution in [3.8, 4) is 0 Å². The molecular formula is C9H10N4O3S. The molecule has 17 heavy (non-hydrogen) atoms. The van der Waals surface area contributed by atoms with Crippen molar-refractivity contribution >= 4 is 17.3 Å². The van der Waals surface area contributed by atoms with Gasteiger partial charge in [0.2, 0.25) is 10.9 Å².